The van der Waals surface area contributed by atoms with E-state index in [1.807, 2.05) is 4.68 Å². The lowest BCUT2D eigenvalue weighted by Crippen LogP contribution is -2.47. The molecule has 0 bridgehead atoms. The maximum Gasteiger partial charge on any atom is 0.191 e. The average molecular weight is 464 g/mol. The van der Waals surface area contributed by atoms with E-state index in [1.54, 1.807) is 7.11 Å². The van der Waals surface area contributed by atoms with E-state index < -0.39 is 0 Å². The van der Waals surface area contributed by atoms with Crippen LogP contribution in [0.5, 0.6) is 0 Å². The van der Waals surface area contributed by atoms with Gasteiger partial charge in [-0.1, -0.05) is 20.8 Å². The summed E-state index contributed by atoms with van der Waals surface area (Å²) in [5.41, 5.74) is 0.305. The van der Waals surface area contributed by atoms with Crippen molar-refractivity contribution in [3.8, 4) is 0 Å². The van der Waals surface area contributed by atoms with Crippen molar-refractivity contribution in [1.29, 1.82) is 0 Å². The normalized spacial score (nSPS) is 17.6. The molecular formula is C17H33IN6O. The van der Waals surface area contributed by atoms with Crippen molar-refractivity contribution in [3.63, 3.8) is 0 Å². The lowest BCUT2D eigenvalue weighted by atomic mass is 9.92. The zero-order valence-electron chi connectivity index (χ0n) is 16.1. The fourth-order valence-corrected chi connectivity index (χ4v) is 2.69. The highest BCUT2D eigenvalue weighted by atomic mass is 127. The van der Waals surface area contributed by atoms with E-state index in [1.165, 1.54) is 0 Å². The summed E-state index contributed by atoms with van der Waals surface area (Å²) in [4.78, 5) is 9.23. The standard InChI is InChI=1S/C17H32N6O.HI/c1-6-18-16(19-10-9-17(2,3)4)20-13-7-8-15-21-14(12-24-5)22-23(15)11-13;/h13H,6-12H2,1-5H3,(H2,18,19,20);1H. The summed E-state index contributed by atoms with van der Waals surface area (Å²) in [6.45, 7) is 11.8. The van der Waals surface area contributed by atoms with Gasteiger partial charge in [0.05, 0.1) is 6.54 Å². The molecule has 0 saturated heterocycles. The number of halogens is 1. The highest BCUT2D eigenvalue weighted by Crippen LogP contribution is 2.18. The number of nitrogens with zero attached hydrogens (tertiary/aromatic N) is 4. The molecule has 0 amide bonds. The monoisotopic (exact) mass is 464 g/mol. The minimum Gasteiger partial charge on any atom is -0.377 e. The van der Waals surface area contributed by atoms with Crippen molar-refractivity contribution in [2.45, 2.75) is 66.2 Å². The first kappa shape index (κ1) is 22.1. The molecular weight excluding hydrogens is 431 g/mol. The number of guanidine groups is 1. The summed E-state index contributed by atoms with van der Waals surface area (Å²) >= 11 is 0. The summed E-state index contributed by atoms with van der Waals surface area (Å²) in [6.07, 6.45) is 3.03. The molecule has 2 rings (SSSR count). The van der Waals surface area contributed by atoms with Gasteiger partial charge in [-0.05, 0) is 25.2 Å². The molecule has 0 aromatic carbocycles. The van der Waals surface area contributed by atoms with Gasteiger partial charge in [-0.2, -0.15) is 5.10 Å². The smallest absolute Gasteiger partial charge is 0.191 e. The summed E-state index contributed by atoms with van der Waals surface area (Å²) in [7, 11) is 1.67. The Kier molecular flexibility index (Phi) is 9.12. The van der Waals surface area contributed by atoms with E-state index in [-0.39, 0.29) is 24.0 Å². The van der Waals surface area contributed by atoms with E-state index >= 15 is 0 Å². The Morgan fingerprint density at radius 1 is 1.40 bits per heavy atom. The van der Waals surface area contributed by atoms with Crippen LogP contribution in [0.4, 0.5) is 0 Å². The Labute approximate surface area is 168 Å². The Bertz CT molecular complexity index is 552. The highest BCUT2D eigenvalue weighted by molar-refractivity contribution is 14.0. The summed E-state index contributed by atoms with van der Waals surface area (Å²) in [6, 6.07) is 0.321. The third-order valence-electron chi connectivity index (χ3n) is 3.99. The molecule has 1 aliphatic heterocycles. The predicted octanol–water partition coefficient (Wildman–Crippen LogP) is 2.35. The number of fused-ring (bicyclic) bond motifs is 1. The van der Waals surface area contributed by atoms with Gasteiger partial charge in [0.15, 0.2) is 11.8 Å². The van der Waals surface area contributed by atoms with Gasteiger partial charge in [0.25, 0.3) is 0 Å². The van der Waals surface area contributed by atoms with Crippen LogP contribution in [0.15, 0.2) is 4.99 Å². The zero-order valence-corrected chi connectivity index (χ0v) is 18.5. The molecule has 0 radical (unpaired) electrons. The fourth-order valence-electron chi connectivity index (χ4n) is 2.69. The number of aryl methyl sites for hydroxylation is 1. The number of nitrogens with one attached hydrogen (secondary N) is 2. The summed E-state index contributed by atoms with van der Waals surface area (Å²) in [5.74, 6) is 2.71. The van der Waals surface area contributed by atoms with E-state index in [0.717, 1.165) is 56.5 Å². The molecule has 1 aromatic heterocycles. The van der Waals surface area contributed by atoms with Gasteiger partial charge >= 0.3 is 0 Å². The van der Waals surface area contributed by atoms with Crippen LogP contribution in [0.3, 0.4) is 0 Å². The second-order valence-corrected chi connectivity index (χ2v) is 7.51. The minimum atomic E-state index is 0. The maximum atomic E-state index is 5.12. The number of aliphatic imine (C=N–C) groups is 1. The second-order valence-electron chi connectivity index (χ2n) is 7.51. The van der Waals surface area contributed by atoms with Crippen LogP contribution in [-0.4, -0.2) is 47.0 Å². The molecule has 1 atom stereocenters. The van der Waals surface area contributed by atoms with E-state index in [0.29, 0.717) is 18.1 Å². The largest absolute Gasteiger partial charge is 0.377 e. The van der Waals surface area contributed by atoms with Gasteiger partial charge in [-0.3, -0.25) is 4.99 Å². The Morgan fingerprint density at radius 3 is 2.80 bits per heavy atom. The zero-order chi connectivity index (χ0) is 17.6. The van der Waals surface area contributed by atoms with Gasteiger partial charge in [0.1, 0.15) is 12.4 Å². The van der Waals surface area contributed by atoms with Crippen molar-refractivity contribution in [3.05, 3.63) is 11.6 Å². The Morgan fingerprint density at radius 2 is 2.16 bits per heavy atom. The van der Waals surface area contributed by atoms with E-state index in [4.69, 9.17) is 9.73 Å². The van der Waals surface area contributed by atoms with Crippen LogP contribution in [0.2, 0.25) is 0 Å². The first-order valence-electron chi connectivity index (χ1n) is 8.87. The highest BCUT2D eigenvalue weighted by Gasteiger charge is 2.22. The molecule has 1 aromatic rings. The summed E-state index contributed by atoms with van der Waals surface area (Å²) < 4.78 is 7.11. The third kappa shape index (κ3) is 7.47. The molecule has 0 spiro atoms. The number of rotatable bonds is 6. The van der Waals surface area contributed by atoms with Crippen molar-refractivity contribution in [2.75, 3.05) is 20.2 Å². The number of hydrogen-bond donors (Lipinski definition) is 2. The molecule has 0 fully saturated rings. The molecule has 1 unspecified atom stereocenters. The van der Waals surface area contributed by atoms with Crippen LogP contribution >= 0.6 is 24.0 Å². The average Bonchev–Trinajstić information content (AvgIpc) is 2.88. The first-order chi connectivity index (χ1) is 11.4. The third-order valence-corrected chi connectivity index (χ3v) is 3.99. The van der Waals surface area contributed by atoms with Gasteiger partial charge in [0.2, 0.25) is 0 Å². The van der Waals surface area contributed by atoms with Gasteiger partial charge < -0.3 is 15.4 Å². The van der Waals surface area contributed by atoms with Crippen LogP contribution in [0.25, 0.3) is 0 Å². The van der Waals surface area contributed by atoms with Crippen molar-refractivity contribution in [1.82, 2.24) is 25.4 Å². The predicted molar refractivity (Wildman–Crippen MR) is 111 cm³/mol. The molecule has 7 nitrogen and oxygen atoms in total. The maximum absolute atomic E-state index is 5.12. The van der Waals surface area contributed by atoms with E-state index in [2.05, 4.69) is 48.4 Å². The quantitative estimate of drug-likeness (QED) is 0.384. The molecule has 2 N–H and O–H groups in total. The molecule has 0 saturated carbocycles. The SMILES string of the molecule is CCNC(=NCCC(C)(C)C)NC1CCc2nc(COC)nn2C1.I. The topological polar surface area (TPSA) is 76.4 Å². The molecule has 144 valence electrons. The molecule has 25 heavy (non-hydrogen) atoms. The van der Waals surface area contributed by atoms with Gasteiger partial charge in [-0.15, -0.1) is 24.0 Å². The lowest BCUT2D eigenvalue weighted by molar-refractivity contribution is 0.177. The first-order valence-corrected chi connectivity index (χ1v) is 8.87. The molecule has 8 heteroatoms. The Balaban J connectivity index is 0.00000312. The Hall–Kier alpha value is -0.900. The van der Waals surface area contributed by atoms with Crippen molar-refractivity contribution >= 4 is 29.9 Å². The van der Waals surface area contributed by atoms with Crippen LogP contribution in [0, 0.1) is 5.41 Å². The van der Waals surface area contributed by atoms with Crippen molar-refractivity contribution < 1.29 is 4.74 Å². The molecule has 2 heterocycles. The lowest BCUT2D eigenvalue weighted by Gasteiger charge is -2.25. The summed E-state index contributed by atoms with van der Waals surface area (Å²) in [5, 5.41) is 11.4. The molecule has 0 aliphatic carbocycles. The minimum absolute atomic E-state index is 0. The number of aromatic nitrogens is 3. The molecule has 1 aliphatic rings. The van der Waals surface area contributed by atoms with Crippen LogP contribution in [-0.2, 0) is 24.3 Å². The van der Waals surface area contributed by atoms with Crippen molar-refractivity contribution in [2.24, 2.45) is 10.4 Å². The second kappa shape index (κ2) is 10.3. The fraction of sp³-hybridized carbons (Fsp3) is 0.824. The number of methoxy groups -OCH3 is 1. The van der Waals surface area contributed by atoms with E-state index in [9.17, 15) is 0 Å². The number of ether oxygens (including phenoxy) is 1. The van der Waals surface area contributed by atoms with Gasteiger partial charge in [0, 0.05) is 32.7 Å². The van der Waals surface area contributed by atoms with Crippen LogP contribution in [0.1, 0.15) is 52.2 Å². The van der Waals surface area contributed by atoms with Gasteiger partial charge in [-0.25, -0.2) is 9.67 Å². The van der Waals surface area contributed by atoms with Crippen LogP contribution < -0.4 is 10.6 Å². The number of hydrogen-bond acceptors (Lipinski definition) is 4.